The molecule has 0 amide bonds. The molecular formula is C15H18BrN3O. The van der Waals surface area contributed by atoms with Crippen molar-refractivity contribution in [3.63, 3.8) is 0 Å². The van der Waals surface area contributed by atoms with Crippen LogP contribution >= 0.6 is 15.9 Å². The van der Waals surface area contributed by atoms with Crippen molar-refractivity contribution in [2.45, 2.75) is 19.8 Å². The largest absolute Gasteiger partial charge is 0.497 e. The third kappa shape index (κ3) is 4.20. The Kier molecular flexibility index (Phi) is 5.35. The van der Waals surface area contributed by atoms with E-state index < -0.39 is 0 Å². The number of aromatic nitrogens is 2. The average Bonchev–Trinajstić information content (AvgIpc) is 2.47. The normalized spacial score (nSPS) is 10.3. The number of benzene rings is 1. The van der Waals surface area contributed by atoms with Crippen LogP contribution in [-0.4, -0.2) is 23.6 Å². The molecule has 0 saturated carbocycles. The molecule has 0 unspecified atom stereocenters. The van der Waals surface area contributed by atoms with E-state index in [1.807, 2.05) is 25.1 Å². The molecule has 2 rings (SSSR count). The fraction of sp³-hybridized carbons (Fsp3) is 0.333. The molecule has 0 spiro atoms. The molecule has 1 heterocycles. The lowest BCUT2D eigenvalue weighted by atomic mass is 10.1. The summed E-state index contributed by atoms with van der Waals surface area (Å²) in [7, 11) is 1.68. The summed E-state index contributed by atoms with van der Waals surface area (Å²) >= 11 is 3.40. The summed E-state index contributed by atoms with van der Waals surface area (Å²) in [5, 5.41) is 3.32. The van der Waals surface area contributed by atoms with Gasteiger partial charge in [0.15, 0.2) is 0 Å². The molecule has 1 aromatic heterocycles. The maximum absolute atomic E-state index is 5.22. The third-order valence-electron chi connectivity index (χ3n) is 2.91. The Morgan fingerprint density at radius 2 is 2.10 bits per heavy atom. The molecule has 0 fully saturated rings. The minimum absolute atomic E-state index is 0.813. The molecule has 0 radical (unpaired) electrons. The fourth-order valence-electron chi connectivity index (χ4n) is 1.88. The zero-order valence-corrected chi connectivity index (χ0v) is 13.3. The molecule has 0 saturated heterocycles. The van der Waals surface area contributed by atoms with E-state index in [2.05, 4.69) is 43.3 Å². The minimum atomic E-state index is 0.813. The lowest BCUT2D eigenvalue weighted by molar-refractivity contribution is 0.414. The molecular weight excluding hydrogens is 318 g/mol. The number of ether oxygens (including phenoxy) is 1. The SMILES string of the molecule is CCc1nc(Br)cc(NCCc2cccc(OC)c2)n1. The van der Waals surface area contributed by atoms with Crippen molar-refractivity contribution in [1.82, 2.24) is 9.97 Å². The Balaban J connectivity index is 1.93. The van der Waals surface area contributed by atoms with Crippen molar-refractivity contribution in [1.29, 1.82) is 0 Å². The van der Waals surface area contributed by atoms with Crippen molar-refractivity contribution in [2.75, 3.05) is 19.0 Å². The van der Waals surface area contributed by atoms with E-state index in [0.717, 1.165) is 41.4 Å². The van der Waals surface area contributed by atoms with Gasteiger partial charge in [0, 0.05) is 19.0 Å². The summed E-state index contributed by atoms with van der Waals surface area (Å²) in [5.74, 6) is 2.58. The summed E-state index contributed by atoms with van der Waals surface area (Å²) < 4.78 is 6.03. The van der Waals surface area contributed by atoms with Crippen LogP contribution in [0.1, 0.15) is 18.3 Å². The van der Waals surface area contributed by atoms with Gasteiger partial charge in [0.1, 0.15) is 22.0 Å². The Morgan fingerprint density at radius 1 is 1.25 bits per heavy atom. The van der Waals surface area contributed by atoms with Gasteiger partial charge in [0.05, 0.1) is 7.11 Å². The molecule has 106 valence electrons. The van der Waals surface area contributed by atoms with E-state index in [4.69, 9.17) is 4.74 Å². The average molecular weight is 336 g/mol. The molecule has 2 aromatic rings. The monoisotopic (exact) mass is 335 g/mol. The molecule has 0 aliphatic heterocycles. The topological polar surface area (TPSA) is 47.0 Å². The first-order valence-corrected chi connectivity index (χ1v) is 7.41. The highest BCUT2D eigenvalue weighted by Gasteiger charge is 2.01. The Morgan fingerprint density at radius 3 is 2.85 bits per heavy atom. The van der Waals surface area contributed by atoms with Gasteiger partial charge in [-0.15, -0.1) is 0 Å². The second kappa shape index (κ2) is 7.24. The van der Waals surface area contributed by atoms with Crippen molar-refractivity contribution in [3.8, 4) is 5.75 Å². The molecule has 5 heteroatoms. The van der Waals surface area contributed by atoms with Gasteiger partial charge in [-0.2, -0.15) is 0 Å². The van der Waals surface area contributed by atoms with Gasteiger partial charge in [0.25, 0.3) is 0 Å². The quantitative estimate of drug-likeness (QED) is 0.821. The van der Waals surface area contributed by atoms with Crippen LogP contribution in [0.25, 0.3) is 0 Å². The number of hydrogen-bond acceptors (Lipinski definition) is 4. The highest BCUT2D eigenvalue weighted by Crippen LogP contribution is 2.15. The Hall–Kier alpha value is -1.62. The zero-order valence-electron chi connectivity index (χ0n) is 11.7. The Bertz CT molecular complexity index is 575. The first kappa shape index (κ1) is 14.8. The summed E-state index contributed by atoms with van der Waals surface area (Å²) in [6.45, 7) is 2.86. The molecule has 20 heavy (non-hydrogen) atoms. The number of halogens is 1. The van der Waals surface area contributed by atoms with E-state index in [0.29, 0.717) is 0 Å². The van der Waals surface area contributed by atoms with E-state index in [-0.39, 0.29) is 0 Å². The maximum Gasteiger partial charge on any atom is 0.131 e. The van der Waals surface area contributed by atoms with E-state index in [1.54, 1.807) is 7.11 Å². The number of nitrogens with zero attached hydrogens (tertiary/aromatic N) is 2. The third-order valence-corrected chi connectivity index (χ3v) is 3.32. The lowest BCUT2D eigenvalue weighted by Gasteiger charge is -2.08. The van der Waals surface area contributed by atoms with Crippen LogP contribution in [-0.2, 0) is 12.8 Å². The zero-order chi connectivity index (χ0) is 14.4. The molecule has 1 aromatic carbocycles. The smallest absolute Gasteiger partial charge is 0.131 e. The van der Waals surface area contributed by atoms with E-state index in [1.165, 1.54) is 5.56 Å². The first-order valence-electron chi connectivity index (χ1n) is 6.61. The highest BCUT2D eigenvalue weighted by molar-refractivity contribution is 9.10. The van der Waals surface area contributed by atoms with Crippen LogP contribution in [0, 0.1) is 0 Å². The van der Waals surface area contributed by atoms with Crippen molar-refractivity contribution in [3.05, 3.63) is 46.3 Å². The number of anilines is 1. The van der Waals surface area contributed by atoms with Crippen molar-refractivity contribution >= 4 is 21.7 Å². The van der Waals surface area contributed by atoms with Gasteiger partial charge in [-0.3, -0.25) is 0 Å². The number of methoxy groups -OCH3 is 1. The standard InChI is InChI=1S/C15H18BrN3O/c1-3-14-18-13(16)10-15(19-14)17-8-7-11-5-4-6-12(9-11)20-2/h4-6,9-10H,3,7-8H2,1-2H3,(H,17,18,19). The Labute approximate surface area is 127 Å². The van der Waals surface area contributed by atoms with Gasteiger partial charge >= 0.3 is 0 Å². The van der Waals surface area contributed by atoms with Gasteiger partial charge in [-0.25, -0.2) is 9.97 Å². The summed E-state index contributed by atoms with van der Waals surface area (Å²) in [6.07, 6.45) is 1.74. The molecule has 0 aliphatic carbocycles. The predicted molar refractivity (Wildman–Crippen MR) is 84.3 cm³/mol. The van der Waals surface area contributed by atoms with Crippen LogP contribution < -0.4 is 10.1 Å². The van der Waals surface area contributed by atoms with E-state index in [9.17, 15) is 0 Å². The number of hydrogen-bond donors (Lipinski definition) is 1. The summed E-state index contributed by atoms with van der Waals surface area (Å²) in [6, 6.07) is 9.99. The van der Waals surface area contributed by atoms with Gasteiger partial charge < -0.3 is 10.1 Å². The first-order chi connectivity index (χ1) is 9.71. The van der Waals surface area contributed by atoms with Crippen LogP contribution in [0.5, 0.6) is 5.75 Å². The lowest BCUT2D eigenvalue weighted by Crippen LogP contribution is -2.08. The number of aryl methyl sites for hydroxylation is 1. The maximum atomic E-state index is 5.22. The van der Waals surface area contributed by atoms with Crippen molar-refractivity contribution in [2.24, 2.45) is 0 Å². The van der Waals surface area contributed by atoms with Crippen LogP contribution in [0.3, 0.4) is 0 Å². The summed E-state index contributed by atoms with van der Waals surface area (Å²) in [5.41, 5.74) is 1.24. The fourth-order valence-corrected chi connectivity index (χ4v) is 2.30. The second-order valence-corrected chi connectivity index (χ2v) is 5.19. The predicted octanol–water partition coefficient (Wildman–Crippen LogP) is 3.46. The molecule has 4 nitrogen and oxygen atoms in total. The molecule has 1 N–H and O–H groups in total. The number of nitrogens with one attached hydrogen (secondary N) is 1. The van der Waals surface area contributed by atoms with E-state index >= 15 is 0 Å². The molecule has 0 aliphatic rings. The van der Waals surface area contributed by atoms with Gasteiger partial charge in [-0.1, -0.05) is 19.1 Å². The molecule has 0 bridgehead atoms. The van der Waals surface area contributed by atoms with Crippen LogP contribution in [0.2, 0.25) is 0 Å². The number of rotatable bonds is 6. The van der Waals surface area contributed by atoms with Crippen LogP contribution in [0.15, 0.2) is 34.9 Å². The van der Waals surface area contributed by atoms with Gasteiger partial charge in [0.2, 0.25) is 0 Å². The highest BCUT2D eigenvalue weighted by atomic mass is 79.9. The summed E-state index contributed by atoms with van der Waals surface area (Å²) in [4.78, 5) is 8.73. The van der Waals surface area contributed by atoms with Crippen LogP contribution in [0.4, 0.5) is 5.82 Å². The molecule has 0 atom stereocenters. The van der Waals surface area contributed by atoms with Gasteiger partial charge in [-0.05, 0) is 40.0 Å². The second-order valence-electron chi connectivity index (χ2n) is 4.37. The minimum Gasteiger partial charge on any atom is -0.497 e. The van der Waals surface area contributed by atoms with Crippen molar-refractivity contribution < 1.29 is 4.74 Å².